The van der Waals surface area contributed by atoms with E-state index in [0.29, 0.717) is 25.7 Å². The van der Waals surface area contributed by atoms with E-state index in [9.17, 15) is 43.2 Å². The first-order chi connectivity index (χ1) is 42.5. The zero-order valence-electron chi connectivity index (χ0n) is 56.9. The highest BCUT2D eigenvalue weighted by atomic mass is 31.2. The molecule has 0 radical (unpaired) electrons. The van der Waals surface area contributed by atoms with E-state index in [0.717, 1.165) is 115 Å². The number of aliphatic hydroxyl groups excluding tert-OH is 1. The van der Waals surface area contributed by atoms with Gasteiger partial charge in [-0.1, -0.05) is 304 Å². The molecule has 0 aromatic rings. The molecule has 0 saturated carbocycles. The third-order valence-corrected chi connectivity index (χ3v) is 17.9. The van der Waals surface area contributed by atoms with Gasteiger partial charge in [-0.3, -0.25) is 37.3 Å². The molecular formula is C69H134O17P2. The topological polar surface area (TPSA) is 237 Å². The van der Waals surface area contributed by atoms with Crippen LogP contribution in [-0.2, 0) is 65.4 Å². The molecule has 5 atom stereocenters. The van der Waals surface area contributed by atoms with Crippen molar-refractivity contribution in [1.82, 2.24) is 0 Å². The molecule has 0 spiro atoms. The van der Waals surface area contributed by atoms with Crippen molar-refractivity contribution in [2.75, 3.05) is 39.6 Å². The molecule has 3 N–H and O–H groups in total. The Bertz CT molecular complexity index is 1700. The van der Waals surface area contributed by atoms with Crippen LogP contribution < -0.4 is 0 Å². The Labute approximate surface area is 537 Å². The lowest BCUT2D eigenvalue weighted by Crippen LogP contribution is -2.30. The van der Waals surface area contributed by atoms with Gasteiger partial charge in [-0.05, 0) is 31.6 Å². The molecule has 522 valence electrons. The Hall–Kier alpha value is -1.94. The van der Waals surface area contributed by atoms with Crippen molar-refractivity contribution in [3.8, 4) is 0 Å². The maximum atomic E-state index is 13.0. The standard InChI is InChI=1S/C69H134O17P2/c1-6-9-12-15-18-20-21-22-28-31-34-39-43-48-53-67(72)80-59-65(86-69(74)55-50-45-40-35-32-29-26-24-23-25-27-30-33-37-41-46-51-62(4)5)61-84-88(77,78)82-57-63(70)56-81-87(75,76)83-60-64(58-79-66(71)52-47-42-36-17-14-11-8-3)85-68(73)54-49-44-38-19-16-13-10-7-2/h62-65,70H,6-61H2,1-5H3,(H,75,76)(H,77,78)/t63-,64+,65+/m0/s1. The summed E-state index contributed by atoms with van der Waals surface area (Å²) < 4.78 is 68.0. The van der Waals surface area contributed by atoms with Crippen LogP contribution in [0.25, 0.3) is 0 Å². The van der Waals surface area contributed by atoms with Gasteiger partial charge in [0.2, 0.25) is 0 Å². The SMILES string of the molecule is CCCCCCCCCCCCCCCCC(=O)OC[C@H](COP(=O)(O)OC[C@@H](O)COP(=O)(O)OC[C@@H](COC(=O)CCCCCCCCC)OC(=O)CCCCCCCCCC)OC(=O)CCCCCCCCCCCCCCCCCCC(C)C. The molecule has 0 rings (SSSR count). The Morgan fingerprint density at radius 3 is 0.773 bits per heavy atom. The summed E-state index contributed by atoms with van der Waals surface area (Å²) in [4.78, 5) is 72.2. The van der Waals surface area contributed by atoms with Crippen LogP contribution in [0.5, 0.6) is 0 Å². The van der Waals surface area contributed by atoms with E-state index < -0.39 is 97.5 Å². The van der Waals surface area contributed by atoms with Crippen LogP contribution in [0.3, 0.4) is 0 Å². The predicted molar refractivity (Wildman–Crippen MR) is 354 cm³/mol. The Morgan fingerprint density at radius 1 is 0.307 bits per heavy atom. The molecule has 0 heterocycles. The lowest BCUT2D eigenvalue weighted by molar-refractivity contribution is -0.161. The third-order valence-electron chi connectivity index (χ3n) is 16.0. The molecule has 0 aliphatic heterocycles. The summed E-state index contributed by atoms with van der Waals surface area (Å²) in [6.45, 7) is 7.20. The molecule has 0 bridgehead atoms. The minimum absolute atomic E-state index is 0.105. The quantitative estimate of drug-likeness (QED) is 0.0222. The highest BCUT2D eigenvalue weighted by Crippen LogP contribution is 2.45. The van der Waals surface area contributed by atoms with Gasteiger partial charge in [0.15, 0.2) is 12.2 Å². The number of unbranched alkanes of at least 4 members (excludes halogenated alkanes) is 41. The van der Waals surface area contributed by atoms with Crippen LogP contribution in [0.15, 0.2) is 0 Å². The minimum Gasteiger partial charge on any atom is -0.462 e. The van der Waals surface area contributed by atoms with E-state index in [4.69, 9.17) is 37.0 Å². The first-order valence-corrected chi connectivity index (χ1v) is 39.1. The summed E-state index contributed by atoms with van der Waals surface area (Å²) in [5, 5.41) is 10.5. The van der Waals surface area contributed by atoms with E-state index >= 15 is 0 Å². The van der Waals surface area contributed by atoms with Crippen LogP contribution in [0.2, 0.25) is 0 Å². The number of hydrogen-bond acceptors (Lipinski definition) is 15. The van der Waals surface area contributed by atoms with Crippen molar-refractivity contribution in [3.05, 3.63) is 0 Å². The van der Waals surface area contributed by atoms with Gasteiger partial charge < -0.3 is 33.8 Å². The van der Waals surface area contributed by atoms with Gasteiger partial charge in [0.05, 0.1) is 26.4 Å². The number of phosphoric acid groups is 2. The second-order valence-corrected chi connectivity index (χ2v) is 28.3. The number of rotatable bonds is 69. The second-order valence-electron chi connectivity index (χ2n) is 25.4. The van der Waals surface area contributed by atoms with Crippen molar-refractivity contribution >= 4 is 39.5 Å². The fourth-order valence-corrected chi connectivity index (χ4v) is 12.0. The third kappa shape index (κ3) is 62.8. The number of esters is 4. The molecule has 0 amide bonds. The van der Waals surface area contributed by atoms with Crippen LogP contribution in [0, 0.1) is 5.92 Å². The summed E-state index contributed by atoms with van der Waals surface area (Å²) in [5.41, 5.74) is 0. The van der Waals surface area contributed by atoms with Crippen LogP contribution >= 0.6 is 15.6 Å². The van der Waals surface area contributed by atoms with Crippen LogP contribution in [0.1, 0.15) is 356 Å². The summed E-state index contributed by atoms with van der Waals surface area (Å²) in [5.74, 6) is -1.32. The van der Waals surface area contributed by atoms with Crippen molar-refractivity contribution in [2.24, 2.45) is 5.92 Å². The van der Waals surface area contributed by atoms with Crippen molar-refractivity contribution in [3.63, 3.8) is 0 Å². The van der Waals surface area contributed by atoms with Gasteiger partial charge in [-0.25, -0.2) is 9.13 Å². The first kappa shape index (κ1) is 86.1. The van der Waals surface area contributed by atoms with Crippen molar-refractivity contribution in [2.45, 2.75) is 374 Å². The fraction of sp³-hybridized carbons (Fsp3) is 0.942. The van der Waals surface area contributed by atoms with E-state index in [-0.39, 0.29) is 25.7 Å². The number of carbonyl (C=O) groups excluding carboxylic acids is 4. The molecule has 0 fully saturated rings. The van der Waals surface area contributed by atoms with Crippen molar-refractivity contribution in [1.29, 1.82) is 0 Å². The summed E-state index contributed by atoms with van der Waals surface area (Å²) in [6, 6.07) is 0. The molecule has 2 unspecified atom stereocenters. The maximum Gasteiger partial charge on any atom is 0.472 e. The molecule has 88 heavy (non-hydrogen) atoms. The van der Waals surface area contributed by atoms with Gasteiger partial charge in [0, 0.05) is 25.7 Å². The van der Waals surface area contributed by atoms with Crippen LogP contribution in [-0.4, -0.2) is 96.7 Å². The number of phosphoric ester groups is 2. The molecule has 19 heteroatoms. The maximum absolute atomic E-state index is 13.0. The largest absolute Gasteiger partial charge is 0.472 e. The van der Waals surface area contributed by atoms with Gasteiger partial charge in [-0.15, -0.1) is 0 Å². The first-order valence-electron chi connectivity index (χ1n) is 36.1. The van der Waals surface area contributed by atoms with Crippen molar-refractivity contribution < 1.29 is 80.2 Å². The second kappa shape index (κ2) is 62.5. The van der Waals surface area contributed by atoms with Gasteiger partial charge in [-0.2, -0.15) is 0 Å². The highest BCUT2D eigenvalue weighted by Gasteiger charge is 2.30. The molecule has 0 aliphatic rings. The molecular weight excluding hydrogens is 1160 g/mol. The fourth-order valence-electron chi connectivity index (χ4n) is 10.5. The van der Waals surface area contributed by atoms with E-state index in [1.165, 1.54) is 161 Å². The summed E-state index contributed by atoms with van der Waals surface area (Å²) in [6.07, 6.45) is 48.8. The molecule has 0 saturated heterocycles. The van der Waals surface area contributed by atoms with Gasteiger partial charge >= 0.3 is 39.5 Å². The highest BCUT2D eigenvalue weighted by molar-refractivity contribution is 7.47. The summed E-state index contributed by atoms with van der Waals surface area (Å²) >= 11 is 0. The molecule has 0 aromatic carbocycles. The Balaban J connectivity index is 5.15. The zero-order chi connectivity index (χ0) is 64.9. The zero-order valence-corrected chi connectivity index (χ0v) is 58.6. The Kier molecular flexibility index (Phi) is 61.1. The number of carbonyl (C=O) groups is 4. The average Bonchev–Trinajstić information content (AvgIpc) is 3.63. The van der Waals surface area contributed by atoms with Gasteiger partial charge in [0.1, 0.15) is 19.3 Å². The molecule has 0 aromatic heterocycles. The normalized spacial score (nSPS) is 14.1. The van der Waals surface area contributed by atoms with Crippen LogP contribution in [0.4, 0.5) is 0 Å². The number of ether oxygens (including phenoxy) is 4. The van der Waals surface area contributed by atoms with E-state index in [1.807, 2.05) is 0 Å². The van der Waals surface area contributed by atoms with E-state index in [1.54, 1.807) is 0 Å². The predicted octanol–water partition coefficient (Wildman–Crippen LogP) is 19.7. The minimum atomic E-state index is -4.95. The average molecular weight is 1300 g/mol. The smallest absolute Gasteiger partial charge is 0.462 e. The van der Waals surface area contributed by atoms with Gasteiger partial charge in [0.25, 0.3) is 0 Å². The van der Waals surface area contributed by atoms with E-state index in [2.05, 4.69) is 34.6 Å². The molecule has 17 nitrogen and oxygen atoms in total. The lowest BCUT2D eigenvalue weighted by Gasteiger charge is -2.21. The lowest BCUT2D eigenvalue weighted by atomic mass is 10.0. The molecule has 0 aliphatic carbocycles. The monoisotopic (exact) mass is 1300 g/mol. The summed E-state index contributed by atoms with van der Waals surface area (Å²) in [7, 11) is -9.89. The number of aliphatic hydroxyl groups is 1. The Morgan fingerprint density at radius 2 is 0.523 bits per heavy atom. The number of hydrogen-bond donors (Lipinski definition) is 3.